The van der Waals surface area contributed by atoms with Crippen LogP contribution in [-0.2, 0) is 56.0 Å². The van der Waals surface area contributed by atoms with Crippen molar-refractivity contribution in [3.8, 4) is 0 Å². The summed E-state index contributed by atoms with van der Waals surface area (Å²) in [5.41, 5.74) is 24.3. The van der Waals surface area contributed by atoms with Crippen molar-refractivity contribution in [3.63, 3.8) is 0 Å². The first-order valence-electron chi connectivity index (χ1n) is 23.9. The molecule has 0 radical (unpaired) electrons. The van der Waals surface area contributed by atoms with Crippen LogP contribution >= 0.6 is 21.6 Å². The number of unbranched alkanes of at least 4 members (excludes halogenated alkanes) is 1. The monoisotopic (exact) mass is 1050 g/mol. The number of carbonyl (C=O) groups excluding carboxylic acids is 8. The highest BCUT2D eigenvalue weighted by molar-refractivity contribution is 8.77. The molecule has 1 saturated heterocycles. The highest BCUT2D eigenvalue weighted by Gasteiger charge is 2.40. The van der Waals surface area contributed by atoms with Gasteiger partial charge in [0.25, 0.3) is 0 Å². The Morgan fingerprint density at radius 1 is 0.781 bits per heavy atom. The number of aromatic amines is 1. The third-order valence-corrected chi connectivity index (χ3v) is 15.1. The predicted molar refractivity (Wildman–Crippen MR) is 279 cm³/mol. The molecular weight excluding hydrogens is 983 g/mol. The zero-order valence-corrected chi connectivity index (χ0v) is 42.8. The fraction of sp³-hybridized carbons (Fsp3) is 0.500. The number of hydrogen-bond donors (Lipinski definition) is 13. The number of amides is 8. The van der Waals surface area contributed by atoms with Gasteiger partial charge >= 0.3 is 5.97 Å². The number of nitrogens with one attached hydrogen (secondary N) is 8. The largest absolute Gasteiger partial charge is 0.480 e. The van der Waals surface area contributed by atoms with Gasteiger partial charge in [0, 0.05) is 55.6 Å². The van der Waals surface area contributed by atoms with Crippen molar-refractivity contribution in [1.82, 2.24) is 42.2 Å². The third kappa shape index (κ3) is 19.3. The number of carbonyl (C=O) groups is 9. The van der Waals surface area contributed by atoms with E-state index in [1.807, 2.05) is 18.2 Å². The van der Waals surface area contributed by atoms with E-state index in [-0.39, 0.29) is 69.6 Å². The lowest BCUT2D eigenvalue weighted by atomic mass is 10.00. The Labute approximate surface area is 431 Å². The van der Waals surface area contributed by atoms with Crippen LogP contribution in [0.5, 0.6) is 0 Å². The van der Waals surface area contributed by atoms with E-state index in [4.69, 9.17) is 22.9 Å². The Hall–Kier alpha value is -6.86. The molecule has 0 saturated carbocycles. The topological polar surface area (TPSA) is 390 Å². The second kappa shape index (κ2) is 29.0. The van der Waals surface area contributed by atoms with Gasteiger partial charge in [-0.2, -0.15) is 0 Å². The number of benzene rings is 2. The van der Waals surface area contributed by atoms with Crippen LogP contribution in [0.2, 0.25) is 0 Å². The molecule has 0 bridgehead atoms. The minimum absolute atomic E-state index is 0.0430. The van der Waals surface area contributed by atoms with Crippen molar-refractivity contribution in [2.75, 3.05) is 18.8 Å². The number of aromatic nitrogens is 1. The summed E-state index contributed by atoms with van der Waals surface area (Å²) in [7, 11) is 2.22. The molecule has 1 aliphatic heterocycles. The number of primary amides is 1. The number of carboxylic acid groups (broad SMARTS) is 1. The molecule has 0 aliphatic carbocycles. The summed E-state index contributed by atoms with van der Waals surface area (Å²) in [6.45, 7) is 4.80. The number of hydrogen-bond acceptors (Lipinski definition) is 13. The summed E-state index contributed by atoms with van der Waals surface area (Å²) in [5.74, 6) is -7.83. The van der Waals surface area contributed by atoms with Gasteiger partial charge in [0.1, 0.15) is 42.3 Å². The Morgan fingerprint density at radius 3 is 2.03 bits per heavy atom. The quantitative estimate of drug-likeness (QED) is 0.0311. The summed E-state index contributed by atoms with van der Waals surface area (Å²) < 4.78 is -1.27. The summed E-state index contributed by atoms with van der Waals surface area (Å²) in [5, 5.41) is 30.1. The zero-order chi connectivity index (χ0) is 53.7. The summed E-state index contributed by atoms with van der Waals surface area (Å²) >= 11 is 0. The maximum absolute atomic E-state index is 14.6. The molecule has 25 heteroatoms. The van der Waals surface area contributed by atoms with Gasteiger partial charge in [-0.1, -0.05) is 70.1 Å². The molecule has 1 fully saturated rings. The van der Waals surface area contributed by atoms with E-state index in [2.05, 4.69) is 47.2 Å². The first-order chi connectivity index (χ1) is 34.7. The lowest BCUT2D eigenvalue weighted by Gasteiger charge is -2.32. The van der Waals surface area contributed by atoms with Crippen LogP contribution < -0.4 is 60.2 Å². The van der Waals surface area contributed by atoms with Gasteiger partial charge < -0.3 is 70.2 Å². The van der Waals surface area contributed by atoms with E-state index in [0.29, 0.717) is 30.5 Å². The van der Waals surface area contributed by atoms with E-state index in [9.17, 15) is 48.3 Å². The van der Waals surface area contributed by atoms with Gasteiger partial charge in [-0.05, 0) is 82.5 Å². The fourth-order valence-electron chi connectivity index (χ4n) is 7.94. The molecule has 23 nitrogen and oxygen atoms in total. The number of nitrogens with zero attached hydrogens (tertiary/aromatic N) is 1. The van der Waals surface area contributed by atoms with Crippen molar-refractivity contribution >= 4 is 91.7 Å². The average molecular weight is 1050 g/mol. The first kappa shape index (κ1) is 58.7. The van der Waals surface area contributed by atoms with Crippen LogP contribution in [0.25, 0.3) is 10.9 Å². The number of carboxylic acids is 1. The summed E-state index contributed by atoms with van der Waals surface area (Å²) in [4.78, 5) is 131. The highest BCUT2D eigenvalue weighted by Crippen LogP contribution is 2.39. The molecule has 398 valence electrons. The molecule has 17 N–H and O–H groups in total. The minimum atomic E-state index is -1.56. The number of fused-ring (bicyclic) bond motifs is 1. The Balaban J connectivity index is 1.84. The van der Waals surface area contributed by atoms with Gasteiger partial charge in [-0.15, -0.1) is 0 Å². The molecule has 3 aromatic rings. The Morgan fingerprint density at radius 2 is 1.38 bits per heavy atom. The van der Waals surface area contributed by atoms with Crippen LogP contribution in [0.1, 0.15) is 83.3 Å². The van der Waals surface area contributed by atoms with E-state index in [1.165, 1.54) is 6.92 Å². The lowest BCUT2D eigenvalue weighted by molar-refractivity contribution is -0.143. The van der Waals surface area contributed by atoms with Gasteiger partial charge in [0.05, 0.1) is 4.75 Å². The zero-order valence-electron chi connectivity index (χ0n) is 41.2. The van der Waals surface area contributed by atoms with Crippen LogP contribution in [-0.4, -0.2) is 135 Å². The summed E-state index contributed by atoms with van der Waals surface area (Å²) in [6, 6.07) is 6.14. The predicted octanol–water partition coefficient (Wildman–Crippen LogP) is -0.537. The van der Waals surface area contributed by atoms with E-state index in [0.717, 1.165) is 32.5 Å². The molecule has 2 aromatic carbocycles. The molecular formula is C48H69N13O10S2. The molecule has 2 heterocycles. The molecule has 0 unspecified atom stereocenters. The van der Waals surface area contributed by atoms with Gasteiger partial charge in [-0.3, -0.25) is 43.3 Å². The van der Waals surface area contributed by atoms with Crippen LogP contribution in [0.15, 0.2) is 65.8 Å². The van der Waals surface area contributed by atoms with E-state index >= 15 is 0 Å². The van der Waals surface area contributed by atoms with Crippen LogP contribution in [0.3, 0.4) is 0 Å². The van der Waals surface area contributed by atoms with Crippen molar-refractivity contribution < 1.29 is 48.3 Å². The van der Waals surface area contributed by atoms with Crippen LogP contribution in [0.4, 0.5) is 0 Å². The SMILES string of the molecule is CC(=O)N[C@@H](CCCCN)C(=O)N[C@H]1CCSSC(C)(C)[C@@H](C(=O)O)NC(=O)[C@H](Cc2c[nH]c3ccccc23)NC(=O)[C@H](CCCN=C(N)N)NC(=O)[C@@H](Cc2ccccc2)NC(=O)[C@H](CCC(N)=O)NC1=O. The van der Waals surface area contributed by atoms with Gasteiger partial charge in [0.2, 0.25) is 47.3 Å². The molecule has 8 amide bonds. The summed E-state index contributed by atoms with van der Waals surface area (Å²) in [6.07, 6.45) is 1.89. The molecule has 73 heavy (non-hydrogen) atoms. The van der Waals surface area contributed by atoms with Crippen molar-refractivity contribution in [2.45, 2.75) is 132 Å². The standard InChI is InChI=1S/C48H69N13O10S2/c1-27(62)55-32(16-9-10-21-49)40(64)58-35-20-23-72-73-48(2,3)39(46(70)71)61-45(69)37(25-29-26-54-31-15-8-7-14-30(29)31)60-41(65)33(17-11-22-53-47(51)52)56-44(68)36(24-28-12-5-4-6-13-28)59-42(66)34(57-43(35)67)18-19-38(50)63/h4-8,12-15,26,32-37,39,54H,9-11,16-25,49H2,1-3H3,(H2,50,63)(H,55,62)(H,56,68)(H,57,67)(H,58,64)(H,59,66)(H,60,65)(H,61,69)(H,70,71)(H4,51,52,53)/t32-,33-,34-,35-,36+,37-,39+/m0/s1. The highest BCUT2D eigenvalue weighted by atomic mass is 33.1. The molecule has 1 aliphatic rings. The normalized spacial score (nSPS) is 21.9. The van der Waals surface area contributed by atoms with Gasteiger partial charge in [-0.25, -0.2) is 4.79 Å². The van der Waals surface area contributed by atoms with E-state index in [1.54, 1.807) is 56.4 Å². The van der Waals surface area contributed by atoms with Crippen LogP contribution in [0, 0.1) is 0 Å². The van der Waals surface area contributed by atoms with Crippen molar-refractivity contribution in [1.29, 1.82) is 0 Å². The van der Waals surface area contributed by atoms with Crippen molar-refractivity contribution in [2.24, 2.45) is 27.9 Å². The Kier molecular flexibility index (Phi) is 23.3. The minimum Gasteiger partial charge on any atom is -0.480 e. The molecule has 0 spiro atoms. The molecule has 4 rings (SSSR count). The fourth-order valence-corrected chi connectivity index (χ4v) is 10.7. The molecule has 1 aromatic heterocycles. The number of aliphatic carboxylic acids is 1. The van der Waals surface area contributed by atoms with E-state index < -0.39 is 100 Å². The van der Waals surface area contributed by atoms with Gasteiger partial charge in [0.15, 0.2) is 5.96 Å². The molecule has 7 atom stereocenters. The number of rotatable bonds is 19. The smallest absolute Gasteiger partial charge is 0.327 e. The maximum Gasteiger partial charge on any atom is 0.327 e. The number of nitrogens with two attached hydrogens (primary N) is 4. The average Bonchev–Trinajstić information content (AvgIpc) is 3.74. The first-order valence-corrected chi connectivity index (χ1v) is 26.3. The lowest BCUT2D eigenvalue weighted by Crippen LogP contribution is -2.61. The number of guanidine groups is 1. The third-order valence-electron chi connectivity index (χ3n) is 11.8. The van der Waals surface area contributed by atoms with Crippen molar-refractivity contribution in [3.05, 3.63) is 71.9 Å². The Bertz CT molecular complexity index is 2440. The number of H-pyrrole nitrogens is 1. The number of aliphatic imine (C=N–C) groups is 1. The second-order valence-corrected chi connectivity index (χ2v) is 21.2. The second-order valence-electron chi connectivity index (χ2n) is 18.1. The maximum atomic E-state index is 14.6. The number of para-hydroxylation sites is 1.